The van der Waals surface area contributed by atoms with Gasteiger partial charge in [0.2, 0.25) is 5.91 Å². The van der Waals surface area contributed by atoms with Crippen LogP contribution in [0.3, 0.4) is 0 Å². The van der Waals surface area contributed by atoms with E-state index in [0.717, 1.165) is 29.8 Å². The second-order valence-corrected chi connectivity index (χ2v) is 7.59. The Morgan fingerprint density at radius 2 is 1.83 bits per heavy atom. The predicted octanol–water partition coefficient (Wildman–Crippen LogP) is 3.61. The molecule has 2 saturated heterocycles. The second kappa shape index (κ2) is 6.62. The van der Waals surface area contributed by atoms with Crippen LogP contribution in [0, 0.1) is 5.92 Å². The molecule has 3 nitrogen and oxygen atoms in total. The van der Waals surface area contributed by atoms with Gasteiger partial charge in [0.25, 0.3) is 0 Å². The van der Waals surface area contributed by atoms with E-state index in [9.17, 15) is 4.79 Å². The topological polar surface area (TPSA) is 32.3 Å². The molecule has 0 spiro atoms. The van der Waals surface area contributed by atoms with E-state index in [4.69, 9.17) is 11.6 Å². The maximum absolute atomic E-state index is 12.8. The van der Waals surface area contributed by atoms with Crippen LogP contribution in [0.15, 0.2) is 24.3 Å². The van der Waals surface area contributed by atoms with Crippen LogP contribution in [0.25, 0.3) is 0 Å². The van der Waals surface area contributed by atoms with Gasteiger partial charge in [0.1, 0.15) is 0 Å². The fourth-order valence-electron chi connectivity index (χ4n) is 4.37. The van der Waals surface area contributed by atoms with Crippen molar-refractivity contribution in [3.8, 4) is 0 Å². The molecule has 4 atom stereocenters. The van der Waals surface area contributed by atoms with Crippen molar-refractivity contribution in [3.05, 3.63) is 34.9 Å². The number of nitrogens with one attached hydrogen (secondary N) is 1. The first kappa shape index (κ1) is 17.1. The van der Waals surface area contributed by atoms with E-state index in [-0.39, 0.29) is 18.3 Å². The van der Waals surface area contributed by atoms with Crippen molar-refractivity contribution >= 4 is 29.9 Å². The van der Waals surface area contributed by atoms with Crippen LogP contribution >= 0.6 is 24.0 Å². The van der Waals surface area contributed by atoms with Crippen LogP contribution in [0.1, 0.15) is 43.6 Å². The van der Waals surface area contributed by atoms with Crippen LogP contribution in [-0.4, -0.2) is 36.0 Å². The number of hydrogen-bond donors (Lipinski definition) is 1. The Balaban J connectivity index is 0.00000156. The normalized spacial score (nSPS) is 34.6. The number of nitrogens with zero attached hydrogens (tertiary/aromatic N) is 1. The Morgan fingerprint density at radius 1 is 1.17 bits per heavy atom. The lowest BCUT2D eigenvalue weighted by Crippen LogP contribution is -2.49. The highest BCUT2D eigenvalue weighted by molar-refractivity contribution is 6.31. The first-order valence-corrected chi connectivity index (χ1v) is 8.78. The average molecular weight is 355 g/mol. The van der Waals surface area contributed by atoms with Gasteiger partial charge in [-0.15, -0.1) is 12.4 Å². The number of fused-ring (bicyclic) bond motifs is 2. The summed E-state index contributed by atoms with van der Waals surface area (Å²) in [6.07, 6.45) is 5.72. The van der Waals surface area contributed by atoms with Crippen molar-refractivity contribution in [2.24, 2.45) is 5.92 Å². The zero-order valence-corrected chi connectivity index (χ0v) is 14.9. The number of benzene rings is 1. The molecule has 2 bridgehead atoms. The van der Waals surface area contributed by atoms with Gasteiger partial charge in [0.15, 0.2) is 0 Å². The van der Waals surface area contributed by atoms with Crippen molar-refractivity contribution in [2.75, 3.05) is 7.05 Å². The summed E-state index contributed by atoms with van der Waals surface area (Å²) in [6, 6.07) is 9.60. The largest absolute Gasteiger partial charge is 0.342 e. The summed E-state index contributed by atoms with van der Waals surface area (Å²) < 4.78 is 0. The van der Waals surface area contributed by atoms with Crippen LogP contribution in [0.4, 0.5) is 0 Å². The lowest BCUT2D eigenvalue weighted by Gasteiger charge is -2.35. The average Bonchev–Trinajstić information content (AvgIpc) is 3.25. The lowest BCUT2D eigenvalue weighted by molar-refractivity contribution is -0.134. The Bertz CT molecular complexity index is 582. The number of carbonyl (C=O) groups is 1. The highest BCUT2D eigenvalue weighted by Crippen LogP contribution is 2.50. The van der Waals surface area contributed by atoms with Crippen molar-refractivity contribution in [3.63, 3.8) is 0 Å². The van der Waals surface area contributed by atoms with Gasteiger partial charge in [-0.05, 0) is 49.7 Å². The van der Waals surface area contributed by atoms with Crippen LogP contribution in [-0.2, 0) is 4.79 Å². The zero-order valence-electron chi connectivity index (χ0n) is 13.4. The quantitative estimate of drug-likeness (QED) is 0.899. The molecular weight excluding hydrogens is 331 g/mol. The third-order valence-electron chi connectivity index (χ3n) is 5.76. The molecule has 2 aliphatic heterocycles. The molecular formula is C18H24Cl2N2O. The van der Waals surface area contributed by atoms with E-state index in [0.29, 0.717) is 30.0 Å². The van der Waals surface area contributed by atoms with Gasteiger partial charge >= 0.3 is 0 Å². The van der Waals surface area contributed by atoms with Gasteiger partial charge in [-0.1, -0.05) is 29.8 Å². The van der Waals surface area contributed by atoms with E-state index in [1.165, 1.54) is 12.8 Å². The summed E-state index contributed by atoms with van der Waals surface area (Å²) in [5, 5.41) is 4.44. The fraction of sp³-hybridized carbons (Fsp3) is 0.611. The fourth-order valence-corrected chi connectivity index (χ4v) is 4.65. The molecule has 1 aliphatic carbocycles. The van der Waals surface area contributed by atoms with Gasteiger partial charge < -0.3 is 10.2 Å². The molecule has 4 rings (SSSR count). The van der Waals surface area contributed by atoms with E-state index in [1.807, 2.05) is 30.1 Å². The zero-order chi connectivity index (χ0) is 15.3. The Hall–Kier alpha value is -0.770. The second-order valence-electron chi connectivity index (χ2n) is 7.18. The molecule has 2 heterocycles. The molecule has 0 aromatic heterocycles. The summed E-state index contributed by atoms with van der Waals surface area (Å²) in [5.74, 6) is 0.774. The van der Waals surface area contributed by atoms with Gasteiger partial charge in [0, 0.05) is 36.1 Å². The summed E-state index contributed by atoms with van der Waals surface area (Å²) in [7, 11) is 2.00. The predicted molar refractivity (Wildman–Crippen MR) is 95.3 cm³/mol. The van der Waals surface area contributed by atoms with Gasteiger partial charge in [-0.2, -0.15) is 0 Å². The Labute approximate surface area is 149 Å². The number of rotatable bonds is 3. The summed E-state index contributed by atoms with van der Waals surface area (Å²) in [5.41, 5.74) is 1.14. The first-order chi connectivity index (χ1) is 10.6. The van der Waals surface area contributed by atoms with Crippen molar-refractivity contribution in [1.29, 1.82) is 0 Å². The molecule has 126 valence electrons. The molecule has 3 fully saturated rings. The summed E-state index contributed by atoms with van der Waals surface area (Å²) in [6.45, 7) is 0. The maximum atomic E-state index is 12.8. The SMILES string of the molecule is CN(C(=O)C1CC1c1ccccc1Cl)C1CC2CCC(C1)N2.Cl. The number of piperidine rings is 1. The van der Waals surface area contributed by atoms with Crippen LogP contribution in [0.5, 0.6) is 0 Å². The highest BCUT2D eigenvalue weighted by Gasteiger charge is 2.47. The van der Waals surface area contributed by atoms with Gasteiger partial charge in [-0.3, -0.25) is 4.79 Å². The molecule has 23 heavy (non-hydrogen) atoms. The number of carbonyl (C=O) groups excluding carboxylic acids is 1. The Kier molecular flexibility index (Phi) is 4.91. The minimum Gasteiger partial charge on any atom is -0.342 e. The molecule has 1 amide bonds. The third kappa shape index (κ3) is 3.24. The summed E-state index contributed by atoms with van der Waals surface area (Å²) in [4.78, 5) is 14.8. The molecule has 1 aromatic carbocycles. The van der Waals surface area contributed by atoms with Crippen LogP contribution in [0.2, 0.25) is 5.02 Å². The van der Waals surface area contributed by atoms with Crippen LogP contribution < -0.4 is 5.32 Å². The molecule has 3 aliphatic rings. The summed E-state index contributed by atoms with van der Waals surface area (Å²) >= 11 is 6.27. The maximum Gasteiger partial charge on any atom is 0.226 e. The van der Waals surface area contributed by atoms with Gasteiger partial charge in [0.05, 0.1) is 0 Å². The minimum atomic E-state index is 0. The monoisotopic (exact) mass is 354 g/mol. The van der Waals surface area contributed by atoms with E-state index < -0.39 is 0 Å². The minimum absolute atomic E-state index is 0. The van der Waals surface area contributed by atoms with E-state index in [1.54, 1.807) is 0 Å². The third-order valence-corrected chi connectivity index (χ3v) is 6.10. The molecule has 5 heteroatoms. The number of halogens is 2. The molecule has 0 radical (unpaired) electrons. The standard InChI is InChI=1S/C18H23ClN2O.ClH/c1-21(13-8-11-6-7-12(9-13)20-11)18(22)16-10-15(16)14-4-2-3-5-17(14)19;/h2-5,11-13,15-16,20H,6-10H2,1H3;1H. The molecule has 4 unspecified atom stereocenters. The number of hydrogen-bond acceptors (Lipinski definition) is 2. The highest BCUT2D eigenvalue weighted by atomic mass is 35.5. The van der Waals surface area contributed by atoms with Crippen molar-refractivity contribution in [1.82, 2.24) is 10.2 Å². The van der Waals surface area contributed by atoms with Crippen molar-refractivity contribution in [2.45, 2.75) is 56.1 Å². The van der Waals surface area contributed by atoms with E-state index >= 15 is 0 Å². The Morgan fingerprint density at radius 3 is 2.48 bits per heavy atom. The molecule has 1 N–H and O–H groups in total. The molecule has 1 saturated carbocycles. The number of amides is 1. The van der Waals surface area contributed by atoms with E-state index in [2.05, 4.69) is 11.4 Å². The first-order valence-electron chi connectivity index (χ1n) is 8.40. The van der Waals surface area contributed by atoms with Crippen molar-refractivity contribution < 1.29 is 4.79 Å². The lowest BCUT2D eigenvalue weighted by atomic mass is 9.98. The molecule has 1 aromatic rings. The van der Waals surface area contributed by atoms with Gasteiger partial charge in [-0.25, -0.2) is 0 Å². The smallest absolute Gasteiger partial charge is 0.226 e.